The van der Waals surface area contributed by atoms with Gasteiger partial charge in [0, 0.05) is 29.2 Å². The van der Waals surface area contributed by atoms with E-state index in [-0.39, 0.29) is 24.4 Å². The van der Waals surface area contributed by atoms with E-state index in [2.05, 4.69) is 18.2 Å². The number of hydrogen-bond donors (Lipinski definition) is 3. The van der Waals surface area contributed by atoms with Gasteiger partial charge in [-0.2, -0.15) is 0 Å². The highest BCUT2D eigenvalue weighted by molar-refractivity contribution is 7.99. The number of aliphatic hydroxyl groups excluding tert-OH is 1. The number of nitrogens with two attached hydrogens (primary N) is 1. The summed E-state index contributed by atoms with van der Waals surface area (Å²) in [5.74, 6) is -0.242. The van der Waals surface area contributed by atoms with Gasteiger partial charge < -0.3 is 25.4 Å². The average molecular weight is 542 g/mol. The molecule has 0 aromatic heterocycles. The number of hydrogen-bond acceptors (Lipinski definition) is 6. The van der Waals surface area contributed by atoms with E-state index in [0.29, 0.717) is 18.7 Å². The first-order valence-electron chi connectivity index (χ1n) is 12.9. The van der Waals surface area contributed by atoms with E-state index >= 15 is 0 Å². The van der Waals surface area contributed by atoms with Gasteiger partial charge in [0.15, 0.2) is 6.29 Å². The third-order valence-electron chi connectivity index (χ3n) is 6.88. The van der Waals surface area contributed by atoms with E-state index in [4.69, 9.17) is 20.3 Å². The van der Waals surface area contributed by atoms with E-state index in [1.165, 1.54) is 0 Å². The molecule has 0 radical (unpaired) electrons. The van der Waals surface area contributed by atoms with Crippen molar-refractivity contribution in [1.82, 2.24) is 0 Å². The van der Waals surface area contributed by atoms with Gasteiger partial charge in [-0.1, -0.05) is 72.8 Å². The zero-order valence-corrected chi connectivity index (χ0v) is 22.2. The number of rotatable bonds is 9. The summed E-state index contributed by atoms with van der Waals surface area (Å²) in [5, 5.41) is 18.6. The largest absolute Gasteiger partial charge is 0.478 e. The van der Waals surface area contributed by atoms with Crippen molar-refractivity contribution in [3.63, 3.8) is 0 Å². The van der Waals surface area contributed by atoms with Crippen molar-refractivity contribution in [2.45, 2.75) is 43.0 Å². The van der Waals surface area contributed by atoms with Gasteiger partial charge in [-0.05, 0) is 52.1 Å². The third kappa shape index (κ3) is 6.58. The van der Waals surface area contributed by atoms with Gasteiger partial charge in [0.05, 0.1) is 24.4 Å². The minimum absolute atomic E-state index is 0.00287. The predicted octanol–water partition coefficient (Wildman–Crippen LogP) is 6.34. The van der Waals surface area contributed by atoms with Crippen LogP contribution in [-0.2, 0) is 22.6 Å². The highest BCUT2D eigenvalue weighted by Crippen LogP contribution is 2.40. The molecule has 0 bridgehead atoms. The van der Waals surface area contributed by atoms with E-state index in [1.54, 1.807) is 23.9 Å². The molecule has 0 saturated carbocycles. The maximum atomic E-state index is 11.2. The second kappa shape index (κ2) is 12.6. The molecule has 4 N–H and O–H groups in total. The highest BCUT2D eigenvalue weighted by atomic mass is 32.2. The summed E-state index contributed by atoms with van der Waals surface area (Å²) in [7, 11) is 0. The highest BCUT2D eigenvalue weighted by Gasteiger charge is 2.32. The molecule has 39 heavy (non-hydrogen) atoms. The number of aromatic carboxylic acids is 1. The Labute approximate surface area is 232 Å². The third-order valence-corrected chi connectivity index (χ3v) is 8.03. The maximum Gasteiger partial charge on any atom is 0.335 e. The standard InChI is InChI=1S/C32H31NO5S/c33-18-26-3-1-2-4-29(26)22-9-11-25(12-10-22)32-37-27(20-39-28-15-13-24(14-16-28)31(35)36)17-30(38-32)23-7-5-21(19-34)6-8-23/h1-16,27,30,32,34H,17-20,33H2,(H,35,36). The Morgan fingerprint density at radius 3 is 2.23 bits per heavy atom. The molecule has 0 spiro atoms. The fourth-order valence-corrected chi connectivity index (χ4v) is 5.63. The van der Waals surface area contributed by atoms with Crippen LogP contribution >= 0.6 is 11.8 Å². The quantitative estimate of drug-likeness (QED) is 0.213. The monoisotopic (exact) mass is 541 g/mol. The van der Waals surface area contributed by atoms with Gasteiger partial charge in [0.25, 0.3) is 0 Å². The average Bonchev–Trinajstić information content (AvgIpc) is 3.00. The molecule has 1 fully saturated rings. The van der Waals surface area contributed by atoms with E-state index < -0.39 is 12.3 Å². The van der Waals surface area contributed by atoms with Gasteiger partial charge in [-0.3, -0.25) is 0 Å². The smallest absolute Gasteiger partial charge is 0.335 e. The molecule has 1 saturated heterocycles. The summed E-state index contributed by atoms with van der Waals surface area (Å²) < 4.78 is 12.9. The first-order valence-corrected chi connectivity index (χ1v) is 13.9. The van der Waals surface area contributed by atoms with E-state index in [0.717, 1.165) is 38.3 Å². The molecule has 6 nitrogen and oxygen atoms in total. The molecule has 4 aromatic rings. The van der Waals surface area contributed by atoms with Crippen LogP contribution in [0.25, 0.3) is 11.1 Å². The fraction of sp³-hybridized carbons (Fsp3) is 0.219. The molecular weight excluding hydrogens is 510 g/mol. The normalized spacial score (nSPS) is 19.1. The number of aliphatic hydroxyl groups is 1. The number of carbonyl (C=O) groups is 1. The van der Waals surface area contributed by atoms with Crippen LogP contribution in [0.2, 0.25) is 0 Å². The van der Waals surface area contributed by atoms with Crippen LogP contribution < -0.4 is 5.73 Å². The molecule has 3 unspecified atom stereocenters. The van der Waals surface area contributed by atoms with Crippen LogP contribution in [0.3, 0.4) is 0 Å². The Bertz CT molecular complexity index is 1390. The Morgan fingerprint density at radius 1 is 0.872 bits per heavy atom. The minimum atomic E-state index is -0.935. The number of carboxylic acid groups (broad SMARTS) is 1. The molecule has 1 aliphatic heterocycles. The van der Waals surface area contributed by atoms with Crippen molar-refractivity contribution in [3.05, 3.63) is 125 Å². The summed E-state index contributed by atoms with van der Waals surface area (Å²) >= 11 is 1.63. The summed E-state index contributed by atoms with van der Waals surface area (Å²) in [6, 6.07) is 31.1. The second-order valence-electron chi connectivity index (χ2n) is 9.47. The van der Waals surface area contributed by atoms with Crippen LogP contribution in [0.15, 0.2) is 102 Å². The summed E-state index contributed by atoms with van der Waals surface area (Å²) in [4.78, 5) is 12.2. The lowest BCUT2D eigenvalue weighted by Crippen LogP contribution is -2.31. The van der Waals surface area contributed by atoms with Crippen molar-refractivity contribution < 1.29 is 24.5 Å². The number of thioether (sulfide) groups is 1. The molecule has 1 heterocycles. The zero-order valence-electron chi connectivity index (χ0n) is 21.4. The maximum absolute atomic E-state index is 11.2. The first kappa shape index (κ1) is 27.1. The first-order chi connectivity index (χ1) is 19.0. The molecule has 0 aliphatic carbocycles. The molecule has 1 aliphatic rings. The van der Waals surface area contributed by atoms with E-state index in [9.17, 15) is 9.90 Å². The van der Waals surface area contributed by atoms with Gasteiger partial charge in [0.1, 0.15) is 0 Å². The number of carboxylic acids is 1. The second-order valence-corrected chi connectivity index (χ2v) is 10.6. The van der Waals surface area contributed by atoms with Crippen LogP contribution in [0, 0.1) is 0 Å². The van der Waals surface area contributed by atoms with Crippen molar-refractivity contribution in [2.75, 3.05) is 5.75 Å². The lowest BCUT2D eigenvalue weighted by Gasteiger charge is -2.36. The predicted molar refractivity (Wildman–Crippen MR) is 152 cm³/mol. The Hall–Kier alpha value is -3.46. The van der Waals surface area contributed by atoms with Gasteiger partial charge in [-0.25, -0.2) is 4.79 Å². The Morgan fingerprint density at radius 2 is 1.56 bits per heavy atom. The topological polar surface area (TPSA) is 102 Å². The van der Waals surface area contributed by atoms with Crippen LogP contribution in [0.5, 0.6) is 0 Å². The molecule has 7 heteroatoms. The fourth-order valence-electron chi connectivity index (χ4n) is 4.71. The van der Waals surface area contributed by atoms with Crippen LogP contribution in [0.4, 0.5) is 0 Å². The minimum Gasteiger partial charge on any atom is -0.478 e. The molecule has 5 rings (SSSR count). The number of ether oxygens (including phenoxy) is 2. The molecule has 4 aromatic carbocycles. The van der Waals surface area contributed by atoms with Gasteiger partial charge in [-0.15, -0.1) is 11.8 Å². The summed E-state index contributed by atoms with van der Waals surface area (Å²) in [5.41, 5.74) is 12.3. The van der Waals surface area contributed by atoms with Crippen molar-refractivity contribution >= 4 is 17.7 Å². The Balaban J connectivity index is 1.35. The van der Waals surface area contributed by atoms with Gasteiger partial charge >= 0.3 is 5.97 Å². The van der Waals surface area contributed by atoms with Crippen molar-refractivity contribution in [3.8, 4) is 11.1 Å². The van der Waals surface area contributed by atoms with Gasteiger partial charge in [0.2, 0.25) is 0 Å². The lowest BCUT2D eigenvalue weighted by molar-refractivity contribution is -0.245. The SMILES string of the molecule is NCc1ccccc1-c1ccc(C2OC(CSc3ccc(C(=O)O)cc3)CC(c3ccc(CO)cc3)O2)cc1. The molecule has 3 atom stereocenters. The molecule has 0 amide bonds. The van der Waals surface area contributed by atoms with Crippen molar-refractivity contribution in [1.29, 1.82) is 0 Å². The van der Waals surface area contributed by atoms with Crippen LogP contribution in [-0.4, -0.2) is 28.0 Å². The van der Waals surface area contributed by atoms with E-state index in [1.807, 2.05) is 66.7 Å². The van der Waals surface area contributed by atoms with Crippen molar-refractivity contribution in [2.24, 2.45) is 5.73 Å². The zero-order chi connectivity index (χ0) is 27.2. The Kier molecular flexibility index (Phi) is 8.76. The lowest BCUT2D eigenvalue weighted by atomic mass is 9.98. The summed E-state index contributed by atoms with van der Waals surface area (Å²) in [6.07, 6.45) is -0.126. The summed E-state index contributed by atoms with van der Waals surface area (Å²) in [6.45, 7) is 0.471. The molecule has 200 valence electrons. The van der Waals surface area contributed by atoms with Crippen LogP contribution in [0.1, 0.15) is 51.4 Å². The number of benzene rings is 4. The molecular formula is C32H31NO5S.